The molecule has 2 heterocycles. The van der Waals surface area contributed by atoms with Gasteiger partial charge < -0.3 is 10.8 Å². The normalized spacial score (nSPS) is 13.8. The maximum atomic E-state index is 9.23. The number of fused-ring (bicyclic) bond motifs is 2. The van der Waals surface area contributed by atoms with E-state index in [2.05, 4.69) is 23.2 Å². The number of rotatable bonds is 2. The zero-order valence-corrected chi connectivity index (χ0v) is 11.7. The van der Waals surface area contributed by atoms with E-state index in [-0.39, 0.29) is 6.61 Å². The summed E-state index contributed by atoms with van der Waals surface area (Å²) in [7, 11) is 0. The molecule has 0 spiro atoms. The van der Waals surface area contributed by atoms with E-state index in [9.17, 15) is 5.11 Å². The summed E-state index contributed by atoms with van der Waals surface area (Å²) < 4.78 is 1.86. The highest BCUT2D eigenvalue weighted by Crippen LogP contribution is 2.31. The highest BCUT2D eigenvalue weighted by molar-refractivity contribution is 5.75. The minimum Gasteiger partial charge on any atom is -0.392 e. The SMILES string of the molecule is Nc1c(-c2ccc3c(c2)CCC3)nc2cc(CO)ccn12. The molecule has 0 unspecified atom stereocenters. The number of nitrogens with two attached hydrogens (primary N) is 1. The Morgan fingerprint density at radius 3 is 2.86 bits per heavy atom. The van der Waals surface area contributed by atoms with Crippen LogP contribution >= 0.6 is 0 Å². The van der Waals surface area contributed by atoms with Crippen molar-refractivity contribution >= 4 is 11.5 Å². The summed E-state index contributed by atoms with van der Waals surface area (Å²) in [5.74, 6) is 0.646. The summed E-state index contributed by atoms with van der Waals surface area (Å²) in [5, 5.41) is 9.23. The van der Waals surface area contributed by atoms with E-state index in [0.29, 0.717) is 5.82 Å². The quantitative estimate of drug-likeness (QED) is 0.757. The van der Waals surface area contributed by atoms with Gasteiger partial charge in [0.1, 0.15) is 17.2 Å². The van der Waals surface area contributed by atoms with Crippen molar-refractivity contribution in [2.75, 3.05) is 5.73 Å². The van der Waals surface area contributed by atoms with Crippen LogP contribution < -0.4 is 5.73 Å². The molecule has 4 rings (SSSR count). The molecule has 4 nitrogen and oxygen atoms in total. The van der Waals surface area contributed by atoms with Crippen LogP contribution in [0.1, 0.15) is 23.1 Å². The first-order chi connectivity index (χ1) is 10.3. The van der Waals surface area contributed by atoms with Crippen molar-refractivity contribution in [3.63, 3.8) is 0 Å². The van der Waals surface area contributed by atoms with Gasteiger partial charge in [0.05, 0.1) is 6.61 Å². The van der Waals surface area contributed by atoms with Gasteiger partial charge >= 0.3 is 0 Å². The molecule has 0 bridgehead atoms. The molecule has 21 heavy (non-hydrogen) atoms. The average molecular weight is 279 g/mol. The van der Waals surface area contributed by atoms with Crippen LogP contribution in [-0.4, -0.2) is 14.5 Å². The number of aryl methyl sites for hydroxylation is 2. The summed E-state index contributed by atoms with van der Waals surface area (Å²) in [6, 6.07) is 10.2. The van der Waals surface area contributed by atoms with Crippen molar-refractivity contribution in [1.29, 1.82) is 0 Å². The Labute approximate surface area is 122 Å². The summed E-state index contributed by atoms with van der Waals surface area (Å²) in [6.07, 6.45) is 5.42. The second kappa shape index (κ2) is 4.60. The Bertz CT molecular complexity index is 835. The number of pyridine rings is 1. The van der Waals surface area contributed by atoms with Crippen molar-refractivity contribution in [2.45, 2.75) is 25.9 Å². The molecule has 2 aromatic heterocycles. The molecular weight excluding hydrogens is 262 g/mol. The number of benzene rings is 1. The monoisotopic (exact) mass is 279 g/mol. The molecule has 3 N–H and O–H groups in total. The summed E-state index contributed by atoms with van der Waals surface area (Å²) >= 11 is 0. The number of nitrogen functional groups attached to an aromatic ring is 1. The fraction of sp³-hybridized carbons (Fsp3) is 0.235. The fourth-order valence-electron chi connectivity index (χ4n) is 3.14. The second-order valence-corrected chi connectivity index (χ2v) is 5.60. The predicted molar refractivity (Wildman–Crippen MR) is 83.0 cm³/mol. The van der Waals surface area contributed by atoms with Gasteiger partial charge in [-0.15, -0.1) is 0 Å². The third-order valence-electron chi connectivity index (χ3n) is 4.28. The molecule has 0 saturated heterocycles. The largest absolute Gasteiger partial charge is 0.392 e. The Kier molecular flexibility index (Phi) is 2.72. The number of aliphatic hydroxyl groups is 1. The predicted octanol–water partition coefficient (Wildman–Crippen LogP) is 2.56. The molecule has 0 radical (unpaired) electrons. The topological polar surface area (TPSA) is 63.5 Å². The molecule has 0 atom stereocenters. The van der Waals surface area contributed by atoms with Crippen molar-refractivity contribution < 1.29 is 5.11 Å². The zero-order valence-electron chi connectivity index (χ0n) is 11.7. The zero-order chi connectivity index (χ0) is 14.4. The second-order valence-electron chi connectivity index (χ2n) is 5.60. The highest BCUT2D eigenvalue weighted by Gasteiger charge is 2.15. The van der Waals surface area contributed by atoms with E-state index in [1.165, 1.54) is 24.0 Å². The van der Waals surface area contributed by atoms with E-state index in [1.54, 1.807) is 0 Å². The molecule has 1 aliphatic carbocycles. The van der Waals surface area contributed by atoms with E-state index in [0.717, 1.165) is 28.9 Å². The van der Waals surface area contributed by atoms with Crippen LogP contribution in [0.25, 0.3) is 16.9 Å². The standard InChI is InChI=1S/C17H17N3O/c18-17-16(14-5-4-12-2-1-3-13(12)9-14)19-15-8-11(10-21)6-7-20(15)17/h4-9,21H,1-3,10,18H2. The Morgan fingerprint density at radius 2 is 2.00 bits per heavy atom. The van der Waals surface area contributed by atoms with Crippen molar-refractivity contribution in [2.24, 2.45) is 0 Å². The first-order valence-electron chi connectivity index (χ1n) is 7.26. The molecule has 0 fully saturated rings. The summed E-state index contributed by atoms with van der Waals surface area (Å²) in [4.78, 5) is 4.64. The van der Waals surface area contributed by atoms with Gasteiger partial charge in [0.25, 0.3) is 0 Å². The minimum atomic E-state index is 0.0114. The van der Waals surface area contributed by atoms with Gasteiger partial charge in [-0.2, -0.15) is 0 Å². The van der Waals surface area contributed by atoms with Crippen LogP contribution in [0.5, 0.6) is 0 Å². The van der Waals surface area contributed by atoms with Gasteiger partial charge in [-0.05, 0) is 54.2 Å². The fourth-order valence-corrected chi connectivity index (χ4v) is 3.14. The van der Waals surface area contributed by atoms with Crippen LogP contribution in [0.4, 0.5) is 5.82 Å². The van der Waals surface area contributed by atoms with Gasteiger partial charge in [-0.1, -0.05) is 12.1 Å². The lowest BCUT2D eigenvalue weighted by molar-refractivity contribution is 0.282. The van der Waals surface area contributed by atoms with Crippen LogP contribution in [0.3, 0.4) is 0 Å². The molecule has 1 aliphatic rings. The van der Waals surface area contributed by atoms with Crippen LogP contribution in [0, 0.1) is 0 Å². The minimum absolute atomic E-state index is 0.0114. The van der Waals surface area contributed by atoms with Crippen LogP contribution in [-0.2, 0) is 19.4 Å². The number of hydrogen-bond acceptors (Lipinski definition) is 3. The number of hydrogen-bond donors (Lipinski definition) is 2. The van der Waals surface area contributed by atoms with E-state index in [1.807, 2.05) is 22.7 Å². The number of imidazole rings is 1. The maximum absolute atomic E-state index is 9.23. The van der Waals surface area contributed by atoms with Gasteiger partial charge in [-0.25, -0.2) is 4.98 Å². The third-order valence-corrected chi connectivity index (χ3v) is 4.28. The number of aliphatic hydroxyl groups excluding tert-OH is 1. The number of anilines is 1. The van der Waals surface area contributed by atoms with E-state index < -0.39 is 0 Å². The lowest BCUT2D eigenvalue weighted by Crippen LogP contribution is -1.95. The van der Waals surface area contributed by atoms with E-state index in [4.69, 9.17) is 5.73 Å². The van der Waals surface area contributed by atoms with Crippen molar-refractivity contribution in [3.05, 3.63) is 53.2 Å². The Morgan fingerprint density at radius 1 is 1.14 bits per heavy atom. The summed E-state index contributed by atoms with van der Waals surface area (Å²) in [6.45, 7) is 0.0114. The number of aromatic nitrogens is 2. The molecule has 4 heteroatoms. The molecule has 0 amide bonds. The molecule has 1 aromatic carbocycles. The van der Waals surface area contributed by atoms with Crippen molar-refractivity contribution in [1.82, 2.24) is 9.38 Å². The van der Waals surface area contributed by atoms with E-state index >= 15 is 0 Å². The van der Waals surface area contributed by atoms with Crippen LogP contribution in [0.15, 0.2) is 36.5 Å². The average Bonchev–Trinajstić information content (AvgIpc) is 3.10. The highest BCUT2D eigenvalue weighted by atomic mass is 16.3. The van der Waals surface area contributed by atoms with Gasteiger partial charge in [0.2, 0.25) is 0 Å². The smallest absolute Gasteiger partial charge is 0.139 e. The molecule has 0 saturated carbocycles. The molecular formula is C17H17N3O. The maximum Gasteiger partial charge on any atom is 0.139 e. The first kappa shape index (κ1) is 12.4. The van der Waals surface area contributed by atoms with Gasteiger partial charge in [0.15, 0.2) is 0 Å². The Balaban J connectivity index is 1.88. The van der Waals surface area contributed by atoms with Crippen LogP contribution in [0.2, 0.25) is 0 Å². The lowest BCUT2D eigenvalue weighted by atomic mass is 10.0. The third kappa shape index (κ3) is 1.91. The first-order valence-corrected chi connectivity index (χ1v) is 7.26. The Hall–Kier alpha value is -2.33. The van der Waals surface area contributed by atoms with Gasteiger partial charge in [0, 0.05) is 11.8 Å². The number of nitrogens with zero attached hydrogens (tertiary/aromatic N) is 2. The summed E-state index contributed by atoms with van der Waals surface area (Å²) in [5.41, 5.74) is 12.6. The molecule has 0 aliphatic heterocycles. The molecule has 3 aromatic rings. The lowest BCUT2D eigenvalue weighted by Gasteiger charge is -2.03. The molecule has 106 valence electrons. The van der Waals surface area contributed by atoms with Crippen molar-refractivity contribution in [3.8, 4) is 11.3 Å². The van der Waals surface area contributed by atoms with Gasteiger partial charge in [-0.3, -0.25) is 4.40 Å².